The van der Waals surface area contributed by atoms with Crippen molar-refractivity contribution in [3.8, 4) is 0 Å². The van der Waals surface area contributed by atoms with Gasteiger partial charge in [0.25, 0.3) is 0 Å². The molecule has 0 atom stereocenters. The molecule has 2 heterocycles. The maximum atomic E-state index is 6.18. The molecule has 6 nitrogen and oxygen atoms in total. The number of para-hydroxylation sites is 1. The van der Waals surface area contributed by atoms with Crippen LogP contribution >= 0.6 is 23.2 Å². The third kappa shape index (κ3) is 6.39. The summed E-state index contributed by atoms with van der Waals surface area (Å²) in [6, 6.07) is 13.8. The van der Waals surface area contributed by atoms with Gasteiger partial charge in [-0.3, -0.25) is 4.90 Å². The van der Waals surface area contributed by atoms with Crippen LogP contribution in [0.4, 0.5) is 5.82 Å². The van der Waals surface area contributed by atoms with Crippen LogP contribution in [0.2, 0.25) is 10.0 Å². The molecule has 0 amide bonds. The Morgan fingerprint density at radius 1 is 1.03 bits per heavy atom. The van der Waals surface area contributed by atoms with Crippen LogP contribution in [0.1, 0.15) is 17.8 Å². The zero-order chi connectivity index (χ0) is 24.1. The highest BCUT2D eigenvalue weighted by Gasteiger charge is 2.20. The van der Waals surface area contributed by atoms with Crippen molar-refractivity contribution in [2.45, 2.75) is 13.0 Å². The number of benzene rings is 2. The van der Waals surface area contributed by atoms with Crippen molar-refractivity contribution in [3.05, 3.63) is 70.5 Å². The maximum Gasteiger partial charge on any atom is 0.145 e. The number of anilines is 1. The van der Waals surface area contributed by atoms with E-state index in [0.717, 1.165) is 86.0 Å². The summed E-state index contributed by atoms with van der Waals surface area (Å²) in [6.45, 7) is 10.5. The molecule has 0 spiro atoms. The third-order valence-corrected chi connectivity index (χ3v) is 6.48. The molecule has 0 bridgehead atoms. The van der Waals surface area contributed by atoms with Gasteiger partial charge < -0.3 is 15.1 Å². The summed E-state index contributed by atoms with van der Waals surface area (Å²) in [5, 5.41) is 5.85. The van der Waals surface area contributed by atoms with E-state index < -0.39 is 0 Å². The molecule has 180 valence electrons. The molecule has 0 unspecified atom stereocenters. The van der Waals surface area contributed by atoms with Crippen molar-refractivity contribution in [3.63, 3.8) is 0 Å². The van der Waals surface area contributed by atoms with Crippen LogP contribution in [-0.2, 0) is 6.54 Å². The number of halogens is 2. The summed E-state index contributed by atoms with van der Waals surface area (Å²) in [5.41, 5.74) is 2.90. The van der Waals surface area contributed by atoms with Crippen LogP contribution in [0.25, 0.3) is 16.6 Å². The van der Waals surface area contributed by atoms with Gasteiger partial charge in [0.05, 0.1) is 12.1 Å². The highest BCUT2D eigenvalue weighted by Crippen LogP contribution is 2.27. The standard InChI is InChI=1S/C26H32Cl2N6/c1-19(20-15-21(27)17-22(28)16-20)34-13-11-33(12-14-34)18-25-30-24-8-5-4-7-23(24)26(31-25)29-9-6-10-32(2)3/h4-5,7-8,15-17H,1,6,9-14,18H2,2-3H3,(H,29,30,31). The molecule has 1 aliphatic rings. The molecule has 1 saturated heterocycles. The zero-order valence-electron chi connectivity index (χ0n) is 19.9. The van der Waals surface area contributed by atoms with E-state index in [-0.39, 0.29) is 0 Å². The van der Waals surface area contributed by atoms with Crippen LogP contribution in [0.15, 0.2) is 49.0 Å². The average Bonchev–Trinajstić information content (AvgIpc) is 2.81. The van der Waals surface area contributed by atoms with Gasteiger partial charge in [-0.2, -0.15) is 0 Å². The van der Waals surface area contributed by atoms with Crippen LogP contribution < -0.4 is 5.32 Å². The van der Waals surface area contributed by atoms with Gasteiger partial charge >= 0.3 is 0 Å². The maximum absolute atomic E-state index is 6.18. The van der Waals surface area contributed by atoms with Crippen LogP contribution in [0, 0.1) is 0 Å². The number of nitrogens with zero attached hydrogens (tertiary/aromatic N) is 5. The summed E-state index contributed by atoms with van der Waals surface area (Å²) in [6.07, 6.45) is 1.06. The predicted molar refractivity (Wildman–Crippen MR) is 144 cm³/mol. The van der Waals surface area contributed by atoms with Crippen molar-refractivity contribution < 1.29 is 0 Å². The number of fused-ring (bicyclic) bond motifs is 1. The normalized spacial score (nSPS) is 14.7. The molecule has 1 aromatic heterocycles. The highest BCUT2D eigenvalue weighted by molar-refractivity contribution is 6.34. The lowest BCUT2D eigenvalue weighted by atomic mass is 10.1. The summed E-state index contributed by atoms with van der Waals surface area (Å²) < 4.78 is 0. The SMILES string of the molecule is C=C(c1cc(Cl)cc(Cl)c1)N1CCN(Cc2nc(NCCCN(C)C)c3ccccc3n2)CC1. The monoisotopic (exact) mass is 498 g/mol. The number of hydrogen-bond donors (Lipinski definition) is 1. The number of rotatable bonds is 9. The predicted octanol–water partition coefficient (Wildman–Crippen LogP) is 5.09. The van der Waals surface area contributed by atoms with E-state index in [1.165, 1.54) is 0 Å². The van der Waals surface area contributed by atoms with E-state index in [9.17, 15) is 0 Å². The van der Waals surface area contributed by atoms with Gasteiger partial charge in [-0.25, -0.2) is 9.97 Å². The quantitative estimate of drug-likeness (QED) is 0.414. The fourth-order valence-electron chi connectivity index (χ4n) is 4.21. The Balaban J connectivity index is 1.39. The molecule has 1 N–H and O–H groups in total. The Bertz CT molecular complexity index is 1120. The first-order chi connectivity index (χ1) is 16.4. The molecule has 34 heavy (non-hydrogen) atoms. The van der Waals surface area contributed by atoms with E-state index in [0.29, 0.717) is 10.0 Å². The number of nitrogens with one attached hydrogen (secondary N) is 1. The second kappa shape index (κ2) is 11.4. The van der Waals surface area contributed by atoms with E-state index in [1.807, 2.05) is 24.3 Å². The van der Waals surface area contributed by atoms with E-state index >= 15 is 0 Å². The lowest BCUT2D eigenvalue weighted by Gasteiger charge is -2.37. The molecular formula is C26H32Cl2N6. The largest absolute Gasteiger partial charge is 0.369 e. The first-order valence-corrected chi connectivity index (χ1v) is 12.4. The molecule has 0 saturated carbocycles. The van der Waals surface area contributed by atoms with E-state index in [2.05, 4.69) is 52.8 Å². The molecule has 1 aliphatic heterocycles. The van der Waals surface area contributed by atoms with Crippen molar-refractivity contribution in [1.29, 1.82) is 0 Å². The van der Waals surface area contributed by atoms with Crippen molar-refractivity contribution in [2.75, 3.05) is 58.7 Å². The molecule has 2 aromatic carbocycles. The minimum absolute atomic E-state index is 0.627. The fourth-order valence-corrected chi connectivity index (χ4v) is 4.74. The van der Waals surface area contributed by atoms with Gasteiger partial charge in [0.15, 0.2) is 0 Å². The Labute approximate surface area is 212 Å². The minimum Gasteiger partial charge on any atom is -0.369 e. The fraction of sp³-hybridized carbons (Fsp3) is 0.385. The van der Waals surface area contributed by atoms with E-state index in [4.69, 9.17) is 33.2 Å². The first kappa shape index (κ1) is 24.7. The van der Waals surface area contributed by atoms with E-state index in [1.54, 1.807) is 6.07 Å². The summed E-state index contributed by atoms with van der Waals surface area (Å²) >= 11 is 12.4. The highest BCUT2D eigenvalue weighted by atomic mass is 35.5. The Morgan fingerprint density at radius 3 is 2.44 bits per heavy atom. The number of piperazine rings is 1. The summed E-state index contributed by atoms with van der Waals surface area (Å²) in [5.74, 6) is 1.77. The zero-order valence-corrected chi connectivity index (χ0v) is 21.4. The second-order valence-corrected chi connectivity index (χ2v) is 9.83. The Kier molecular flexibility index (Phi) is 8.27. The Morgan fingerprint density at radius 2 is 1.74 bits per heavy atom. The topological polar surface area (TPSA) is 47.5 Å². The average molecular weight is 499 g/mol. The molecule has 0 radical (unpaired) electrons. The van der Waals surface area contributed by atoms with Gasteiger partial charge in [0.1, 0.15) is 11.6 Å². The van der Waals surface area contributed by atoms with Crippen molar-refractivity contribution >= 4 is 45.6 Å². The number of hydrogen-bond acceptors (Lipinski definition) is 6. The molecule has 4 rings (SSSR count). The molecule has 1 fully saturated rings. The molecule has 0 aliphatic carbocycles. The first-order valence-electron chi connectivity index (χ1n) is 11.7. The van der Waals surface area contributed by atoms with Crippen LogP contribution in [0.3, 0.4) is 0 Å². The van der Waals surface area contributed by atoms with Gasteiger partial charge in [0, 0.05) is 59.4 Å². The second-order valence-electron chi connectivity index (χ2n) is 8.96. The van der Waals surface area contributed by atoms with Gasteiger partial charge in [-0.05, 0) is 57.4 Å². The number of aromatic nitrogens is 2. The van der Waals surface area contributed by atoms with Gasteiger partial charge in [-0.15, -0.1) is 0 Å². The molecule has 8 heteroatoms. The lowest BCUT2D eigenvalue weighted by molar-refractivity contribution is 0.166. The van der Waals surface area contributed by atoms with Crippen molar-refractivity contribution in [1.82, 2.24) is 24.7 Å². The minimum atomic E-state index is 0.627. The van der Waals surface area contributed by atoms with Gasteiger partial charge in [-0.1, -0.05) is 41.9 Å². The van der Waals surface area contributed by atoms with Crippen LogP contribution in [0.5, 0.6) is 0 Å². The van der Waals surface area contributed by atoms with Crippen molar-refractivity contribution in [2.24, 2.45) is 0 Å². The van der Waals surface area contributed by atoms with Crippen LogP contribution in [-0.4, -0.2) is 78.0 Å². The summed E-state index contributed by atoms with van der Waals surface area (Å²) in [4.78, 5) is 16.6. The smallest absolute Gasteiger partial charge is 0.145 e. The summed E-state index contributed by atoms with van der Waals surface area (Å²) in [7, 11) is 4.19. The Hall–Kier alpha value is -2.38. The molecule has 3 aromatic rings. The van der Waals surface area contributed by atoms with Gasteiger partial charge in [0.2, 0.25) is 0 Å². The molecular weight excluding hydrogens is 467 g/mol. The lowest BCUT2D eigenvalue weighted by Crippen LogP contribution is -2.45. The third-order valence-electron chi connectivity index (χ3n) is 6.04.